The fraction of sp³-hybridized carbons (Fsp3) is 0. The molecular formula is C7H5NS. The lowest BCUT2D eigenvalue weighted by Crippen LogP contribution is -1.68. The van der Waals surface area contributed by atoms with E-state index in [1.54, 1.807) is 11.3 Å². The Bertz CT molecular complexity index is 249. The Labute approximate surface area is 57.3 Å². The maximum atomic E-state index is 4.00. The van der Waals surface area contributed by atoms with Crippen LogP contribution in [0, 0.1) is 0 Å². The molecule has 0 aromatic heterocycles. The van der Waals surface area contributed by atoms with E-state index in [2.05, 4.69) is 17.1 Å². The van der Waals surface area contributed by atoms with Crippen LogP contribution in [0.4, 0.5) is 0 Å². The molecule has 0 N–H and O–H groups in total. The van der Waals surface area contributed by atoms with Gasteiger partial charge in [0.1, 0.15) is 0 Å². The van der Waals surface area contributed by atoms with Gasteiger partial charge < -0.3 is 0 Å². The SMILES string of the molecule is c1cc2cncsc-2c1. The molecule has 9 heavy (non-hydrogen) atoms. The van der Waals surface area contributed by atoms with Crippen molar-refractivity contribution < 1.29 is 0 Å². The predicted octanol–water partition coefficient (Wildman–Crippen LogP) is 2.25. The summed E-state index contributed by atoms with van der Waals surface area (Å²) >= 11 is 1.67. The summed E-state index contributed by atoms with van der Waals surface area (Å²) in [5, 5.41) is 0. The summed E-state index contributed by atoms with van der Waals surface area (Å²) in [7, 11) is 0. The fourth-order valence-corrected chi connectivity index (χ4v) is 1.48. The molecule has 0 aromatic carbocycles. The van der Waals surface area contributed by atoms with Gasteiger partial charge in [0.2, 0.25) is 0 Å². The van der Waals surface area contributed by atoms with Gasteiger partial charge in [-0.15, -0.1) is 11.3 Å². The predicted molar refractivity (Wildman–Crippen MR) is 38.7 cm³/mol. The van der Waals surface area contributed by atoms with E-state index in [0.29, 0.717) is 0 Å². The molecule has 0 atom stereocenters. The van der Waals surface area contributed by atoms with Gasteiger partial charge in [-0.1, -0.05) is 12.1 Å². The first-order valence-electron chi connectivity index (χ1n) is 2.74. The van der Waals surface area contributed by atoms with Gasteiger partial charge in [-0.05, 0) is 6.07 Å². The summed E-state index contributed by atoms with van der Waals surface area (Å²) < 4.78 is 0. The molecule has 1 heterocycles. The van der Waals surface area contributed by atoms with E-state index >= 15 is 0 Å². The molecule has 1 aliphatic carbocycles. The third-order valence-corrected chi connectivity index (χ3v) is 2.11. The first-order valence-corrected chi connectivity index (χ1v) is 3.62. The van der Waals surface area contributed by atoms with E-state index in [9.17, 15) is 0 Å². The van der Waals surface area contributed by atoms with Crippen LogP contribution in [-0.2, 0) is 0 Å². The Kier molecular flexibility index (Phi) is 0.993. The highest BCUT2D eigenvalue weighted by atomic mass is 32.1. The van der Waals surface area contributed by atoms with Gasteiger partial charge in [-0.3, -0.25) is 4.98 Å². The van der Waals surface area contributed by atoms with E-state index in [0.717, 1.165) is 0 Å². The van der Waals surface area contributed by atoms with Crippen LogP contribution in [0.15, 0.2) is 29.9 Å². The molecule has 2 heteroatoms. The molecule has 0 spiro atoms. The normalized spacial score (nSPS) is 10.2. The smallest absolute Gasteiger partial charge is 0.0797 e. The Morgan fingerprint density at radius 3 is 3.22 bits per heavy atom. The highest BCUT2D eigenvalue weighted by Crippen LogP contribution is 2.24. The van der Waals surface area contributed by atoms with Crippen LogP contribution in [0.3, 0.4) is 0 Å². The van der Waals surface area contributed by atoms with Crippen molar-refractivity contribution in [2.45, 2.75) is 0 Å². The molecule has 0 unspecified atom stereocenters. The van der Waals surface area contributed by atoms with Crippen molar-refractivity contribution in [3.63, 3.8) is 0 Å². The van der Waals surface area contributed by atoms with Crippen LogP contribution in [-0.4, -0.2) is 4.98 Å². The molecule has 0 radical (unpaired) electrons. The highest BCUT2D eigenvalue weighted by Gasteiger charge is 1.97. The summed E-state index contributed by atoms with van der Waals surface area (Å²) in [6.07, 6.45) is 1.88. The molecule has 0 saturated heterocycles. The van der Waals surface area contributed by atoms with Gasteiger partial charge in [0.25, 0.3) is 0 Å². The molecule has 0 aromatic rings. The molecule has 2 rings (SSSR count). The summed E-state index contributed by atoms with van der Waals surface area (Å²) in [5.74, 6) is 0. The average molecular weight is 135 g/mol. The van der Waals surface area contributed by atoms with Crippen LogP contribution in [0.25, 0.3) is 10.4 Å². The number of hydrogen-bond donors (Lipinski definition) is 0. The van der Waals surface area contributed by atoms with Crippen LogP contribution in [0.1, 0.15) is 0 Å². The van der Waals surface area contributed by atoms with Gasteiger partial charge in [-0.25, -0.2) is 0 Å². The van der Waals surface area contributed by atoms with Crippen molar-refractivity contribution in [2.24, 2.45) is 0 Å². The molecule has 2 aliphatic rings. The third kappa shape index (κ3) is 0.715. The molecule has 0 saturated carbocycles. The molecular weight excluding hydrogens is 130 g/mol. The lowest BCUT2D eigenvalue weighted by atomic mass is 10.3. The second-order valence-corrected chi connectivity index (χ2v) is 2.73. The van der Waals surface area contributed by atoms with Gasteiger partial charge in [-0.2, -0.15) is 0 Å². The molecule has 0 amide bonds. The van der Waals surface area contributed by atoms with E-state index in [-0.39, 0.29) is 0 Å². The monoisotopic (exact) mass is 135 g/mol. The Morgan fingerprint density at radius 2 is 2.33 bits per heavy atom. The number of rotatable bonds is 0. The number of hydrogen-bond acceptors (Lipinski definition) is 2. The third-order valence-electron chi connectivity index (χ3n) is 1.26. The van der Waals surface area contributed by atoms with Gasteiger partial charge in [0.05, 0.1) is 5.51 Å². The van der Waals surface area contributed by atoms with E-state index in [4.69, 9.17) is 0 Å². The second-order valence-electron chi connectivity index (χ2n) is 1.85. The Morgan fingerprint density at radius 1 is 1.33 bits per heavy atom. The zero-order valence-corrected chi connectivity index (χ0v) is 5.56. The number of aromatic nitrogens is 1. The number of fused-ring (bicyclic) bond motifs is 1. The van der Waals surface area contributed by atoms with Gasteiger partial charge >= 0.3 is 0 Å². The molecule has 44 valence electrons. The molecule has 0 fully saturated rings. The van der Waals surface area contributed by atoms with Crippen LogP contribution in [0.5, 0.6) is 0 Å². The lowest BCUT2D eigenvalue weighted by Gasteiger charge is -1.90. The minimum atomic E-state index is 1.24. The van der Waals surface area contributed by atoms with Crippen molar-refractivity contribution in [1.82, 2.24) is 4.98 Å². The quantitative estimate of drug-likeness (QED) is 0.540. The first-order chi connectivity index (χ1) is 4.47. The summed E-state index contributed by atoms with van der Waals surface area (Å²) in [4.78, 5) is 5.31. The second kappa shape index (κ2) is 1.81. The summed E-state index contributed by atoms with van der Waals surface area (Å²) in [5.41, 5.74) is 3.09. The van der Waals surface area contributed by atoms with Crippen molar-refractivity contribution in [1.29, 1.82) is 0 Å². The van der Waals surface area contributed by atoms with E-state index < -0.39 is 0 Å². The maximum Gasteiger partial charge on any atom is 0.0797 e. The van der Waals surface area contributed by atoms with Crippen LogP contribution >= 0.6 is 11.3 Å². The molecule has 1 nitrogen and oxygen atoms in total. The van der Waals surface area contributed by atoms with Crippen molar-refractivity contribution in [3.05, 3.63) is 29.9 Å². The molecule has 0 bridgehead atoms. The highest BCUT2D eigenvalue weighted by molar-refractivity contribution is 7.13. The van der Waals surface area contributed by atoms with E-state index in [1.807, 2.05) is 17.8 Å². The lowest BCUT2D eigenvalue weighted by molar-refractivity contribution is 1.39. The standard InChI is InChI=1S/C7H5NS/c1-2-6-4-8-5-9-7(6)3-1/h1-5H. The number of nitrogens with zero attached hydrogens (tertiary/aromatic N) is 1. The van der Waals surface area contributed by atoms with Crippen molar-refractivity contribution in [3.8, 4) is 10.4 Å². The maximum absolute atomic E-state index is 4.00. The van der Waals surface area contributed by atoms with Gasteiger partial charge in [0.15, 0.2) is 0 Å². The zero-order chi connectivity index (χ0) is 6.10. The van der Waals surface area contributed by atoms with Gasteiger partial charge in [0, 0.05) is 16.6 Å². The molecule has 1 aliphatic heterocycles. The topological polar surface area (TPSA) is 12.9 Å². The average Bonchev–Trinajstić information content (AvgIpc) is 2.33. The fourth-order valence-electron chi connectivity index (χ4n) is 0.829. The van der Waals surface area contributed by atoms with E-state index in [1.165, 1.54) is 10.4 Å². The largest absolute Gasteiger partial charge is 0.253 e. The zero-order valence-electron chi connectivity index (χ0n) is 4.74. The van der Waals surface area contributed by atoms with Crippen molar-refractivity contribution >= 4 is 11.3 Å². The minimum absolute atomic E-state index is 1.24. The summed E-state index contributed by atoms with van der Waals surface area (Å²) in [6, 6.07) is 6.21. The first kappa shape index (κ1) is 4.94. The van der Waals surface area contributed by atoms with Crippen LogP contribution < -0.4 is 0 Å². The minimum Gasteiger partial charge on any atom is -0.253 e. The Balaban J connectivity index is 2.79. The van der Waals surface area contributed by atoms with Crippen LogP contribution in [0.2, 0.25) is 0 Å². The Hall–Kier alpha value is -0.890. The van der Waals surface area contributed by atoms with Crippen molar-refractivity contribution in [2.75, 3.05) is 0 Å². The summed E-state index contributed by atoms with van der Waals surface area (Å²) in [6.45, 7) is 0.